The third kappa shape index (κ3) is 9.32. The van der Waals surface area contributed by atoms with E-state index in [2.05, 4.69) is 10.6 Å². The second-order valence-corrected chi connectivity index (χ2v) is 9.83. The lowest BCUT2D eigenvalue weighted by molar-refractivity contribution is -0.141. The van der Waals surface area contributed by atoms with Gasteiger partial charge in [0.2, 0.25) is 11.8 Å². The van der Waals surface area contributed by atoms with Crippen LogP contribution in [0.15, 0.2) is 48.5 Å². The molecule has 2 rings (SSSR count). The summed E-state index contributed by atoms with van der Waals surface area (Å²) in [6.07, 6.45) is 0.754. The van der Waals surface area contributed by atoms with Crippen LogP contribution in [0, 0.1) is 11.3 Å². The highest BCUT2D eigenvalue weighted by Gasteiger charge is 2.36. The van der Waals surface area contributed by atoms with E-state index in [0.717, 1.165) is 17.7 Å². The van der Waals surface area contributed by atoms with E-state index in [0.29, 0.717) is 17.7 Å². The Morgan fingerprint density at radius 1 is 1.03 bits per heavy atom. The Labute approximate surface area is 223 Å². The summed E-state index contributed by atoms with van der Waals surface area (Å²) in [5.41, 5.74) is 0.194. The molecule has 0 saturated carbocycles. The number of carbonyl (C=O) groups is 3. The van der Waals surface area contributed by atoms with Gasteiger partial charge < -0.3 is 30.5 Å². The minimum atomic E-state index is -1.19. The van der Waals surface area contributed by atoms with E-state index < -0.39 is 42.1 Å². The smallest absolute Gasteiger partial charge is 0.408 e. The van der Waals surface area contributed by atoms with E-state index in [1.54, 1.807) is 32.9 Å². The van der Waals surface area contributed by atoms with Crippen molar-refractivity contribution in [3.8, 4) is 17.6 Å². The molecule has 0 radical (unpaired) electrons. The summed E-state index contributed by atoms with van der Waals surface area (Å²) in [5, 5.41) is 34.4. The molecule has 2 aromatic carbocycles. The fourth-order valence-electron chi connectivity index (χ4n) is 3.70. The topological polar surface area (TPSA) is 152 Å². The van der Waals surface area contributed by atoms with Crippen molar-refractivity contribution in [2.45, 2.75) is 64.6 Å². The van der Waals surface area contributed by atoms with E-state index in [4.69, 9.17) is 4.74 Å². The van der Waals surface area contributed by atoms with Crippen molar-refractivity contribution in [3.05, 3.63) is 59.7 Å². The molecular formula is C28H36N4O6. The molecule has 4 N–H and O–H groups in total. The molecule has 2 aromatic rings. The van der Waals surface area contributed by atoms with Gasteiger partial charge in [0.1, 0.15) is 35.7 Å². The van der Waals surface area contributed by atoms with Gasteiger partial charge in [-0.2, -0.15) is 5.26 Å². The molecule has 0 fully saturated rings. The minimum absolute atomic E-state index is 0.0139. The third-order valence-corrected chi connectivity index (χ3v) is 5.49. The maximum absolute atomic E-state index is 13.9. The summed E-state index contributed by atoms with van der Waals surface area (Å²) in [6.45, 7) is 6.98. The standard InChI is InChI=1S/C28H36N4O6/c1-5-6-16-30-25(35)24(20-9-13-22(34)14-10-20)32(17-15-29)26(36)23(31-27(37)38-28(2,3)4)18-19-7-11-21(33)12-8-19/h7-14,23-24,33-34H,5-6,16-18H2,1-4H3,(H,30,35)(H,31,37). The number of phenols is 2. The lowest BCUT2D eigenvalue weighted by atomic mass is 10.00. The molecule has 0 heterocycles. The maximum Gasteiger partial charge on any atom is 0.408 e. The molecule has 0 aliphatic carbocycles. The highest BCUT2D eigenvalue weighted by atomic mass is 16.6. The monoisotopic (exact) mass is 524 g/mol. The fourth-order valence-corrected chi connectivity index (χ4v) is 3.70. The fraction of sp³-hybridized carbons (Fsp3) is 0.429. The van der Waals surface area contributed by atoms with Crippen LogP contribution in [0.25, 0.3) is 0 Å². The molecule has 0 spiro atoms. The summed E-state index contributed by atoms with van der Waals surface area (Å²) in [4.78, 5) is 41.1. The predicted molar refractivity (Wildman–Crippen MR) is 141 cm³/mol. The molecule has 204 valence electrons. The van der Waals surface area contributed by atoms with Crippen LogP contribution in [0.5, 0.6) is 11.5 Å². The number of alkyl carbamates (subject to hydrolysis) is 1. The van der Waals surface area contributed by atoms with Crippen LogP contribution < -0.4 is 10.6 Å². The van der Waals surface area contributed by atoms with Crippen LogP contribution in [-0.2, 0) is 20.7 Å². The maximum atomic E-state index is 13.9. The Kier molecular flexibility index (Phi) is 10.9. The molecule has 0 aliphatic heterocycles. The molecule has 0 saturated heterocycles. The summed E-state index contributed by atoms with van der Waals surface area (Å²) in [5.74, 6) is -1.14. The molecular weight excluding hydrogens is 488 g/mol. The first kappa shape index (κ1) is 30.0. The van der Waals surface area contributed by atoms with Crippen LogP contribution in [0.1, 0.15) is 57.7 Å². The zero-order valence-electron chi connectivity index (χ0n) is 22.2. The zero-order chi connectivity index (χ0) is 28.3. The second-order valence-electron chi connectivity index (χ2n) is 9.83. The highest BCUT2D eigenvalue weighted by molar-refractivity contribution is 5.92. The SMILES string of the molecule is CCCCNC(=O)C(c1ccc(O)cc1)N(CC#N)C(=O)C(Cc1ccc(O)cc1)NC(=O)OC(C)(C)C. The van der Waals surface area contributed by atoms with Crippen LogP contribution in [-0.4, -0.2) is 57.8 Å². The summed E-state index contributed by atoms with van der Waals surface area (Å²) >= 11 is 0. The van der Waals surface area contributed by atoms with Gasteiger partial charge in [0.15, 0.2) is 0 Å². The number of amides is 3. The van der Waals surface area contributed by atoms with Gasteiger partial charge in [-0.15, -0.1) is 0 Å². The summed E-state index contributed by atoms with van der Waals surface area (Å²) in [6, 6.07) is 11.5. The van der Waals surface area contributed by atoms with E-state index >= 15 is 0 Å². The summed E-state index contributed by atoms with van der Waals surface area (Å²) in [7, 11) is 0. The number of nitriles is 1. The Balaban J connectivity index is 2.49. The molecule has 2 unspecified atom stereocenters. The average Bonchev–Trinajstić information content (AvgIpc) is 2.84. The lowest BCUT2D eigenvalue weighted by Crippen LogP contribution is -2.54. The summed E-state index contributed by atoms with van der Waals surface area (Å²) < 4.78 is 5.35. The van der Waals surface area contributed by atoms with E-state index in [9.17, 15) is 29.9 Å². The van der Waals surface area contributed by atoms with Crippen molar-refractivity contribution < 1.29 is 29.3 Å². The van der Waals surface area contributed by atoms with E-state index in [1.807, 2.05) is 13.0 Å². The highest BCUT2D eigenvalue weighted by Crippen LogP contribution is 2.25. The zero-order valence-corrected chi connectivity index (χ0v) is 22.2. The molecule has 0 aromatic heterocycles. The average molecular weight is 525 g/mol. The number of benzene rings is 2. The molecule has 38 heavy (non-hydrogen) atoms. The van der Waals surface area contributed by atoms with Gasteiger partial charge in [-0.1, -0.05) is 37.6 Å². The van der Waals surface area contributed by atoms with Crippen LogP contribution in [0.4, 0.5) is 4.79 Å². The molecule has 0 bridgehead atoms. The molecule has 10 heteroatoms. The lowest BCUT2D eigenvalue weighted by Gasteiger charge is -2.33. The van der Waals surface area contributed by atoms with Gasteiger partial charge in [0.05, 0.1) is 6.07 Å². The first-order valence-corrected chi connectivity index (χ1v) is 12.5. The number of ether oxygens (including phenoxy) is 1. The minimum Gasteiger partial charge on any atom is -0.508 e. The van der Waals surface area contributed by atoms with Crippen LogP contribution in [0.2, 0.25) is 0 Å². The Morgan fingerprint density at radius 3 is 2.13 bits per heavy atom. The number of hydrogen-bond acceptors (Lipinski definition) is 7. The molecule has 2 atom stereocenters. The molecule has 10 nitrogen and oxygen atoms in total. The first-order valence-electron chi connectivity index (χ1n) is 12.5. The number of phenolic OH excluding ortho intramolecular Hbond substituents is 2. The van der Waals surface area contributed by atoms with Gasteiger partial charge in [-0.05, 0) is 62.6 Å². The van der Waals surface area contributed by atoms with E-state index in [-0.39, 0.29) is 17.9 Å². The van der Waals surface area contributed by atoms with E-state index in [1.165, 1.54) is 36.4 Å². The van der Waals surface area contributed by atoms with Crippen molar-refractivity contribution in [2.75, 3.05) is 13.1 Å². The largest absolute Gasteiger partial charge is 0.508 e. The van der Waals surface area contributed by atoms with Gasteiger partial charge in [-0.25, -0.2) is 4.79 Å². The molecule has 0 aliphatic rings. The number of aromatic hydroxyl groups is 2. The van der Waals surface area contributed by atoms with Crippen LogP contribution in [0.3, 0.4) is 0 Å². The number of nitrogens with one attached hydrogen (secondary N) is 2. The predicted octanol–water partition coefficient (Wildman–Crippen LogP) is 3.54. The Bertz CT molecular complexity index is 1120. The normalized spacial score (nSPS) is 12.5. The Hall–Kier alpha value is -4.26. The number of hydrogen-bond donors (Lipinski definition) is 4. The number of nitrogens with zero attached hydrogens (tertiary/aromatic N) is 2. The van der Waals surface area contributed by atoms with Crippen LogP contribution >= 0.6 is 0 Å². The first-order chi connectivity index (χ1) is 17.9. The van der Waals surface area contributed by atoms with Gasteiger partial charge >= 0.3 is 6.09 Å². The van der Waals surface area contributed by atoms with Gasteiger partial charge in [-0.3, -0.25) is 9.59 Å². The number of rotatable bonds is 11. The number of carbonyl (C=O) groups excluding carboxylic acids is 3. The third-order valence-electron chi connectivity index (χ3n) is 5.49. The second kappa shape index (κ2) is 13.9. The van der Waals surface area contributed by atoms with Crippen molar-refractivity contribution >= 4 is 17.9 Å². The molecule has 3 amide bonds. The van der Waals surface area contributed by atoms with Crippen molar-refractivity contribution in [2.24, 2.45) is 0 Å². The van der Waals surface area contributed by atoms with Crippen molar-refractivity contribution in [1.29, 1.82) is 5.26 Å². The van der Waals surface area contributed by atoms with Gasteiger partial charge in [0, 0.05) is 13.0 Å². The van der Waals surface area contributed by atoms with Crippen molar-refractivity contribution in [1.82, 2.24) is 15.5 Å². The quantitative estimate of drug-likeness (QED) is 0.259. The number of unbranched alkanes of at least 4 members (excludes halogenated alkanes) is 1. The van der Waals surface area contributed by atoms with Crippen molar-refractivity contribution in [3.63, 3.8) is 0 Å². The van der Waals surface area contributed by atoms with Gasteiger partial charge in [0.25, 0.3) is 0 Å². The Morgan fingerprint density at radius 2 is 1.61 bits per heavy atom.